The Bertz CT molecular complexity index is 47.7. The molecule has 0 saturated carbocycles. The Labute approximate surface area is 55.6 Å². The molecule has 0 atom stereocenters. The maximum absolute atomic E-state index is 2.43. The van der Waals surface area contributed by atoms with Gasteiger partial charge in [-0.3, -0.25) is 0 Å². The van der Waals surface area contributed by atoms with Gasteiger partial charge >= 0.3 is 55.9 Å². The van der Waals surface area contributed by atoms with Crippen molar-refractivity contribution < 1.29 is 0 Å². The third-order valence-electron chi connectivity index (χ3n) is 0.983. The third kappa shape index (κ3) is 4.03. The normalized spacial score (nSPS) is 12.0. The molecule has 0 aliphatic rings. The quantitative estimate of drug-likeness (QED) is 0.683. The summed E-state index contributed by atoms with van der Waals surface area (Å²) < 4.78 is 0. The van der Waals surface area contributed by atoms with Crippen LogP contribution in [-0.4, -0.2) is 28.1 Å². The van der Waals surface area contributed by atoms with E-state index in [0.29, 0.717) is 0 Å². The van der Waals surface area contributed by atoms with Gasteiger partial charge in [0.1, 0.15) is 0 Å². The number of hydrogen-bond acceptors (Lipinski definition) is 2. The standard InChI is InChI=1S/2CH4S.2CH3.Sn/c2*1-2;;;/h2*2H,1H3;2*1H3;/q;;;;+2/p-2. The van der Waals surface area contributed by atoms with Crippen molar-refractivity contribution in [1.29, 1.82) is 0 Å². The zero-order valence-electron chi connectivity index (χ0n) is 5.32. The molecule has 7 heavy (non-hydrogen) atoms. The van der Waals surface area contributed by atoms with Gasteiger partial charge in [0.05, 0.1) is 0 Å². The van der Waals surface area contributed by atoms with E-state index in [1.807, 2.05) is 0 Å². The molecular formula is C4H12S2Sn. The van der Waals surface area contributed by atoms with Crippen molar-refractivity contribution in [3.05, 3.63) is 0 Å². The van der Waals surface area contributed by atoms with Gasteiger partial charge in [0.15, 0.2) is 0 Å². The van der Waals surface area contributed by atoms with Crippen molar-refractivity contribution in [3.63, 3.8) is 0 Å². The fourth-order valence-corrected chi connectivity index (χ4v) is 5.03. The molecule has 44 valence electrons. The molecule has 0 aromatic rings. The van der Waals surface area contributed by atoms with Gasteiger partial charge in [-0.2, -0.15) is 0 Å². The molecule has 0 amide bonds. The maximum atomic E-state index is 2.43. The van der Waals surface area contributed by atoms with E-state index in [-0.39, 0.29) is 0 Å². The predicted octanol–water partition coefficient (Wildman–Crippen LogP) is 2.41. The topological polar surface area (TPSA) is 0 Å². The van der Waals surface area contributed by atoms with Crippen LogP contribution in [0.15, 0.2) is 0 Å². The fraction of sp³-hybridized carbons (Fsp3) is 1.00. The van der Waals surface area contributed by atoms with Crippen molar-refractivity contribution in [1.82, 2.24) is 0 Å². The second-order valence-electron chi connectivity index (χ2n) is 1.81. The summed E-state index contributed by atoms with van der Waals surface area (Å²) in [6.45, 7) is 0. The Balaban J connectivity index is 3.36. The first-order valence-corrected chi connectivity index (χ1v) is 17.4. The van der Waals surface area contributed by atoms with Gasteiger partial charge in [-0.15, -0.1) is 0 Å². The Hall–Kier alpha value is 1.50. The van der Waals surface area contributed by atoms with Crippen LogP contribution in [0.25, 0.3) is 0 Å². The minimum atomic E-state index is -1.45. The second kappa shape index (κ2) is 3.51. The zero-order chi connectivity index (χ0) is 5.91. The van der Waals surface area contributed by atoms with Gasteiger partial charge in [0.2, 0.25) is 0 Å². The molecule has 0 aromatic carbocycles. The molecule has 0 aliphatic heterocycles. The molecule has 0 saturated heterocycles. The summed E-state index contributed by atoms with van der Waals surface area (Å²) in [5.74, 6) is 0. The van der Waals surface area contributed by atoms with Crippen molar-refractivity contribution in [2.45, 2.75) is 9.88 Å². The zero-order valence-corrected chi connectivity index (χ0v) is 9.80. The molecule has 0 rings (SSSR count). The van der Waals surface area contributed by atoms with Crippen molar-refractivity contribution >= 4 is 33.5 Å². The number of hydrogen-bond donors (Lipinski definition) is 0. The van der Waals surface area contributed by atoms with E-state index < -0.39 is 15.6 Å². The van der Waals surface area contributed by atoms with Gasteiger partial charge in [-0.25, -0.2) is 0 Å². The van der Waals surface area contributed by atoms with Crippen LogP contribution in [0, 0.1) is 0 Å². The average molecular weight is 243 g/mol. The summed E-state index contributed by atoms with van der Waals surface area (Å²) in [5, 5.41) is 0. The van der Waals surface area contributed by atoms with Crippen LogP contribution in [0.3, 0.4) is 0 Å². The van der Waals surface area contributed by atoms with E-state index >= 15 is 0 Å². The Kier molecular flexibility index (Phi) is 4.26. The molecule has 0 bridgehead atoms. The minimum absolute atomic E-state index is 1.45. The number of rotatable bonds is 2. The molecule has 0 spiro atoms. The first kappa shape index (κ1) is 8.50. The van der Waals surface area contributed by atoms with Crippen molar-refractivity contribution in [2.75, 3.05) is 12.5 Å². The second-order valence-corrected chi connectivity index (χ2v) is 33.0. The van der Waals surface area contributed by atoms with Crippen molar-refractivity contribution in [3.8, 4) is 0 Å². The fourth-order valence-electron chi connectivity index (χ4n) is 0.0833. The van der Waals surface area contributed by atoms with Crippen LogP contribution in [0.2, 0.25) is 9.88 Å². The summed E-state index contributed by atoms with van der Waals surface area (Å²) in [7, 11) is 4.20. The molecule has 0 unspecified atom stereocenters. The molecule has 3 heteroatoms. The molecular weight excluding hydrogens is 231 g/mol. The summed E-state index contributed by atoms with van der Waals surface area (Å²) in [5.41, 5.74) is 0. The van der Waals surface area contributed by atoms with Crippen LogP contribution in [-0.2, 0) is 0 Å². The van der Waals surface area contributed by atoms with Crippen LogP contribution in [0.1, 0.15) is 0 Å². The van der Waals surface area contributed by atoms with E-state index in [4.69, 9.17) is 0 Å². The Morgan fingerprint density at radius 1 is 1.00 bits per heavy atom. The summed E-state index contributed by atoms with van der Waals surface area (Å²) in [4.78, 5) is 4.87. The summed E-state index contributed by atoms with van der Waals surface area (Å²) >= 11 is -1.45. The molecule has 0 nitrogen and oxygen atoms in total. The van der Waals surface area contributed by atoms with Crippen LogP contribution < -0.4 is 0 Å². The van der Waals surface area contributed by atoms with E-state index in [1.54, 1.807) is 0 Å². The van der Waals surface area contributed by atoms with Gasteiger partial charge in [0, 0.05) is 0 Å². The SMILES string of the molecule is C[S][Sn]([CH3])([CH3])[S]C. The Morgan fingerprint density at radius 3 is 1.29 bits per heavy atom. The summed E-state index contributed by atoms with van der Waals surface area (Å²) in [6.07, 6.45) is 4.46. The van der Waals surface area contributed by atoms with Gasteiger partial charge in [0.25, 0.3) is 0 Å². The molecule has 0 radical (unpaired) electrons. The first-order chi connectivity index (χ1) is 3.12. The van der Waals surface area contributed by atoms with E-state index in [1.165, 1.54) is 0 Å². The van der Waals surface area contributed by atoms with E-state index in [9.17, 15) is 0 Å². The van der Waals surface area contributed by atoms with Crippen LogP contribution >= 0.6 is 17.9 Å². The van der Waals surface area contributed by atoms with E-state index in [0.717, 1.165) is 0 Å². The van der Waals surface area contributed by atoms with Gasteiger partial charge in [-0.05, 0) is 0 Å². The van der Waals surface area contributed by atoms with Crippen LogP contribution in [0.5, 0.6) is 0 Å². The Morgan fingerprint density at radius 2 is 1.29 bits per heavy atom. The van der Waals surface area contributed by atoms with Crippen molar-refractivity contribution in [2.24, 2.45) is 0 Å². The molecule has 0 fully saturated rings. The predicted molar refractivity (Wildman–Crippen MR) is 44.5 cm³/mol. The average Bonchev–Trinajstić information content (AvgIpc) is 1.68. The molecule has 0 aliphatic carbocycles. The monoisotopic (exact) mass is 244 g/mol. The third-order valence-corrected chi connectivity index (χ3v) is 26.5. The van der Waals surface area contributed by atoms with Gasteiger partial charge < -0.3 is 0 Å². The molecule has 0 aromatic heterocycles. The summed E-state index contributed by atoms with van der Waals surface area (Å²) in [6, 6.07) is 0. The molecule has 0 N–H and O–H groups in total. The van der Waals surface area contributed by atoms with Crippen LogP contribution in [0.4, 0.5) is 0 Å². The first-order valence-electron chi connectivity index (χ1n) is 2.22. The van der Waals surface area contributed by atoms with E-state index in [2.05, 4.69) is 40.3 Å². The van der Waals surface area contributed by atoms with Gasteiger partial charge in [-0.1, -0.05) is 0 Å². The molecule has 0 heterocycles.